The molecule has 33 heavy (non-hydrogen) atoms. The zero-order valence-corrected chi connectivity index (χ0v) is 19.0. The van der Waals surface area contributed by atoms with Crippen LogP contribution in [-0.4, -0.2) is 54.8 Å². The summed E-state index contributed by atoms with van der Waals surface area (Å²) in [5, 5.41) is 6.00. The van der Waals surface area contributed by atoms with E-state index >= 15 is 0 Å². The van der Waals surface area contributed by atoms with E-state index in [-0.39, 0.29) is 24.5 Å². The molecule has 1 heterocycles. The number of piperidine rings is 1. The number of amides is 3. The lowest BCUT2D eigenvalue weighted by Crippen LogP contribution is -2.47. The van der Waals surface area contributed by atoms with E-state index in [4.69, 9.17) is 10.5 Å². The Kier molecular flexibility index (Phi) is 8.83. The van der Waals surface area contributed by atoms with Gasteiger partial charge in [0.1, 0.15) is 12.4 Å². The van der Waals surface area contributed by atoms with Gasteiger partial charge in [-0.1, -0.05) is 31.2 Å². The first kappa shape index (κ1) is 24.3. The van der Waals surface area contributed by atoms with Crippen LogP contribution in [0, 0.1) is 0 Å². The highest BCUT2D eigenvalue weighted by Crippen LogP contribution is 2.19. The van der Waals surface area contributed by atoms with Gasteiger partial charge < -0.3 is 21.1 Å². The predicted octanol–water partition coefficient (Wildman–Crippen LogP) is 2.08. The number of carbonyl (C=O) groups excluding carboxylic acids is 3. The number of para-hydroxylation sites is 1. The van der Waals surface area contributed by atoms with Gasteiger partial charge in [-0.2, -0.15) is 0 Å². The molecule has 176 valence electrons. The molecule has 0 unspecified atom stereocenters. The highest BCUT2D eigenvalue weighted by atomic mass is 16.5. The van der Waals surface area contributed by atoms with E-state index in [1.54, 1.807) is 36.4 Å². The maximum atomic E-state index is 12.8. The van der Waals surface area contributed by atoms with Crippen molar-refractivity contribution in [3.05, 3.63) is 65.2 Å². The lowest BCUT2D eigenvalue weighted by molar-refractivity contribution is -0.122. The number of rotatable bonds is 10. The molecule has 0 spiro atoms. The standard InChI is InChI=1S/C25H32N4O4/c1-2-12-27-23(30)16-29-13-10-20(11-14-29)28-25(32)19-7-5-6-18(15-19)17-33-22-9-4-3-8-21(22)24(26)31/h3-9,15,20H,2,10-14,16-17H2,1H3,(H2,26,31)(H,27,30)(H,28,32). The van der Waals surface area contributed by atoms with Crippen molar-refractivity contribution in [3.63, 3.8) is 0 Å². The van der Waals surface area contributed by atoms with Gasteiger partial charge in [0.2, 0.25) is 5.91 Å². The van der Waals surface area contributed by atoms with Crippen LogP contribution in [0.25, 0.3) is 0 Å². The van der Waals surface area contributed by atoms with Crippen molar-refractivity contribution < 1.29 is 19.1 Å². The molecule has 8 nitrogen and oxygen atoms in total. The zero-order chi connectivity index (χ0) is 23.6. The number of nitrogens with two attached hydrogens (primary N) is 1. The van der Waals surface area contributed by atoms with Gasteiger partial charge in [0.05, 0.1) is 12.1 Å². The second-order valence-electron chi connectivity index (χ2n) is 8.22. The summed E-state index contributed by atoms with van der Waals surface area (Å²) in [6, 6.07) is 14.1. The summed E-state index contributed by atoms with van der Waals surface area (Å²) in [4.78, 5) is 38.3. The number of hydrogen-bond acceptors (Lipinski definition) is 5. The number of nitrogens with zero attached hydrogens (tertiary/aromatic N) is 1. The summed E-state index contributed by atoms with van der Waals surface area (Å²) in [5.74, 6) is -0.216. The topological polar surface area (TPSA) is 114 Å². The molecule has 0 radical (unpaired) electrons. The molecular weight excluding hydrogens is 420 g/mol. The van der Waals surface area contributed by atoms with Crippen LogP contribution in [0.3, 0.4) is 0 Å². The third kappa shape index (κ3) is 7.32. The van der Waals surface area contributed by atoms with E-state index in [1.165, 1.54) is 0 Å². The number of hydrogen-bond donors (Lipinski definition) is 3. The minimum Gasteiger partial charge on any atom is -0.488 e. The average Bonchev–Trinajstić information content (AvgIpc) is 2.83. The quantitative estimate of drug-likeness (QED) is 0.511. The maximum absolute atomic E-state index is 12.8. The Bertz CT molecular complexity index is 970. The molecule has 0 aromatic heterocycles. The molecule has 2 aromatic rings. The van der Waals surface area contributed by atoms with Crippen LogP contribution in [0.5, 0.6) is 5.75 Å². The van der Waals surface area contributed by atoms with Crippen LogP contribution in [-0.2, 0) is 11.4 Å². The second-order valence-corrected chi connectivity index (χ2v) is 8.22. The molecule has 1 aliphatic heterocycles. The fraction of sp³-hybridized carbons (Fsp3) is 0.400. The summed E-state index contributed by atoms with van der Waals surface area (Å²) in [6.45, 7) is 4.90. The van der Waals surface area contributed by atoms with Crippen molar-refractivity contribution in [2.24, 2.45) is 5.73 Å². The van der Waals surface area contributed by atoms with Crippen LogP contribution in [0.4, 0.5) is 0 Å². The van der Waals surface area contributed by atoms with E-state index in [1.807, 2.05) is 19.1 Å². The molecule has 0 atom stereocenters. The fourth-order valence-corrected chi connectivity index (χ4v) is 3.79. The molecule has 2 aromatic carbocycles. The molecule has 1 aliphatic rings. The van der Waals surface area contributed by atoms with Gasteiger partial charge in [-0.3, -0.25) is 19.3 Å². The monoisotopic (exact) mass is 452 g/mol. The summed E-state index contributed by atoms with van der Waals surface area (Å²) < 4.78 is 5.77. The smallest absolute Gasteiger partial charge is 0.252 e. The van der Waals surface area contributed by atoms with E-state index in [0.29, 0.717) is 30.0 Å². The van der Waals surface area contributed by atoms with Crippen molar-refractivity contribution in [1.29, 1.82) is 0 Å². The van der Waals surface area contributed by atoms with Gasteiger partial charge >= 0.3 is 0 Å². The maximum Gasteiger partial charge on any atom is 0.252 e. The Morgan fingerprint density at radius 1 is 1.09 bits per heavy atom. The van der Waals surface area contributed by atoms with E-state index < -0.39 is 5.91 Å². The molecule has 1 fully saturated rings. The SMILES string of the molecule is CCCNC(=O)CN1CCC(NC(=O)c2cccc(COc3ccccc3C(N)=O)c2)CC1. The number of primary amides is 1. The number of ether oxygens (including phenoxy) is 1. The molecular formula is C25H32N4O4. The molecule has 8 heteroatoms. The van der Waals surface area contributed by atoms with Gasteiger partial charge in [-0.25, -0.2) is 0 Å². The van der Waals surface area contributed by atoms with Crippen molar-refractivity contribution >= 4 is 17.7 Å². The first-order valence-corrected chi connectivity index (χ1v) is 11.4. The van der Waals surface area contributed by atoms with Crippen LogP contribution >= 0.6 is 0 Å². The minimum absolute atomic E-state index is 0.0526. The van der Waals surface area contributed by atoms with Crippen LogP contribution < -0.4 is 21.1 Å². The van der Waals surface area contributed by atoms with Crippen molar-refractivity contribution in [1.82, 2.24) is 15.5 Å². The average molecular weight is 453 g/mol. The van der Waals surface area contributed by atoms with E-state index in [9.17, 15) is 14.4 Å². The normalized spacial score (nSPS) is 14.5. The summed E-state index contributed by atoms with van der Waals surface area (Å²) in [7, 11) is 0. The molecule has 3 amide bonds. The predicted molar refractivity (Wildman–Crippen MR) is 126 cm³/mol. The van der Waals surface area contributed by atoms with E-state index in [2.05, 4.69) is 15.5 Å². The molecule has 1 saturated heterocycles. The van der Waals surface area contributed by atoms with Gasteiger partial charge in [-0.05, 0) is 49.1 Å². The molecule has 0 bridgehead atoms. The first-order valence-electron chi connectivity index (χ1n) is 11.4. The third-order valence-electron chi connectivity index (χ3n) is 5.60. The Balaban J connectivity index is 1.49. The lowest BCUT2D eigenvalue weighted by atomic mass is 10.0. The highest BCUT2D eigenvalue weighted by molar-refractivity contribution is 5.95. The van der Waals surface area contributed by atoms with Gasteiger partial charge in [-0.15, -0.1) is 0 Å². The Morgan fingerprint density at radius 3 is 2.58 bits per heavy atom. The molecule has 4 N–H and O–H groups in total. The molecule has 3 rings (SSSR count). The number of likely N-dealkylation sites (tertiary alicyclic amines) is 1. The van der Waals surface area contributed by atoms with Crippen molar-refractivity contribution in [2.45, 2.75) is 38.8 Å². The summed E-state index contributed by atoms with van der Waals surface area (Å²) in [5.41, 5.74) is 7.08. The zero-order valence-electron chi connectivity index (χ0n) is 19.0. The highest BCUT2D eigenvalue weighted by Gasteiger charge is 2.22. The van der Waals surface area contributed by atoms with Crippen LogP contribution in [0.15, 0.2) is 48.5 Å². The van der Waals surface area contributed by atoms with Crippen LogP contribution in [0.2, 0.25) is 0 Å². The summed E-state index contributed by atoms with van der Waals surface area (Å²) in [6.07, 6.45) is 2.53. The molecule has 0 aliphatic carbocycles. The second kappa shape index (κ2) is 12.0. The van der Waals surface area contributed by atoms with Gasteiger partial charge in [0, 0.05) is 31.2 Å². The third-order valence-corrected chi connectivity index (χ3v) is 5.60. The Labute approximate surface area is 194 Å². The summed E-state index contributed by atoms with van der Waals surface area (Å²) >= 11 is 0. The Morgan fingerprint density at radius 2 is 1.85 bits per heavy atom. The van der Waals surface area contributed by atoms with Crippen LogP contribution in [0.1, 0.15) is 52.5 Å². The number of nitrogens with one attached hydrogen (secondary N) is 2. The number of benzene rings is 2. The van der Waals surface area contributed by atoms with Gasteiger partial charge in [0.25, 0.3) is 11.8 Å². The Hall–Kier alpha value is -3.39. The minimum atomic E-state index is -0.550. The lowest BCUT2D eigenvalue weighted by Gasteiger charge is -2.31. The first-order chi connectivity index (χ1) is 16.0. The largest absolute Gasteiger partial charge is 0.488 e. The number of carbonyl (C=O) groups is 3. The fourth-order valence-electron chi connectivity index (χ4n) is 3.79. The van der Waals surface area contributed by atoms with Crippen molar-refractivity contribution in [2.75, 3.05) is 26.2 Å². The molecule has 0 saturated carbocycles. The van der Waals surface area contributed by atoms with E-state index in [0.717, 1.165) is 37.9 Å². The van der Waals surface area contributed by atoms with Gasteiger partial charge in [0.15, 0.2) is 0 Å². The van der Waals surface area contributed by atoms with Crippen molar-refractivity contribution in [3.8, 4) is 5.75 Å².